The zero-order chi connectivity index (χ0) is 20.4. The fraction of sp³-hybridized carbons (Fsp3) is 0.217. The van der Waals surface area contributed by atoms with Gasteiger partial charge < -0.3 is 4.74 Å². The number of alkyl halides is 4. The lowest BCUT2D eigenvalue weighted by molar-refractivity contribution is -0.137. The Labute approximate surface area is 181 Å². The van der Waals surface area contributed by atoms with Crippen LogP contribution in [-0.2, 0) is 6.18 Å². The van der Waals surface area contributed by atoms with Crippen molar-refractivity contribution in [2.45, 2.75) is 22.4 Å². The van der Waals surface area contributed by atoms with Gasteiger partial charge in [0.2, 0.25) is 0 Å². The van der Waals surface area contributed by atoms with E-state index in [0.717, 1.165) is 12.1 Å². The van der Waals surface area contributed by atoms with E-state index in [1.54, 1.807) is 0 Å². The molecule has 0 amide bonds. The maximum absolute atomic E-state index is 12.7. The summed E-state index contributed by atoms with van der Waals surface area (Å²) in [6.07, 6.45) is -4.42. The second-order valence-electron chi connectivity index (χ2n) is 6.97. The summed E-state index contributed by atoms with van der Waals surface area (Å²) in [5.41, 5.74) is 1.74. The zero-order valence-electron chi connectivity index (χ0n) is 15.4. The van der Waals surface area contributed by atoms with E-state index in [1.165, 1.54) is 23.3 Å². The van der Waals surface area contributed by atoms with Crippen LogP contribution in [0.1, 0.15) is 22.7 Å². The highest BCUT2D eigenvalue weighted by atomic mass is 127. The molecule has 0 bridgehead atoms. The maximum Gasteiger partial charge on any atom is 0.416 e. The topological polar surface area (TPSA) is 12.5 Å². The first-order valence-electron chi connectivity index (χ1n) is 9.27. The molecule has 2 unspecified atom stereocenters. The first-order valence-corrected chi connectivity index (χ1v) is 10.5. The molecule has 0 saturated carbocycles. The molecule has 6 heteroatoms. The highest BCUT2D eigenvalue weighted by Gasteiger charge is 2.43. The molecule has 4 rings (SSSR count). The molecule has 1 saturated heterocycles. The summed E-state index contributed by atoms with van der Waals surface area (Å²) in [6, 6.07) is 25.6. The first-order chi connectivity index (χ1) is 13.9. The van der Waals surface area contributed by atoms with E-state index in [2.05, 4.69) is 51.8 Å². The van der Waals surface area contributed by atoms with Crippen molar-refractivity contribution in [1.82, 2.24) is 4.90 Å². The predicted octanol–water partition coefficient (Wildman–Crippen LogP) is 6.32. The van der Waals surface area contributed by atoms with Crippen LogP contribution < -0.4 is 4.74 Å². The summed E-state index contributed by atoms with van der Waals surface area (Å²) in [7, 11) is 0. The van der Waals surface area contributed by atoms with Gasteiger partial charge >= 0.3 is 6.18 Å². The van der Waals surface area contributed by atoms with Crippen LogP contribution in [-0.4, -0.2) is 21.6 Å². The molecule has 0 aromatic heterocycles. The van der Waals surface area contributed by atoms with Crippen LogP contribution >= 0.6 is 22.6 Å². The largest absolute Gasteiger partial charge is 0.487 e. The highest BCUT2D eigenvalue weighted by molar-refractivity contribution is 14.1. The third-order valence-electron chi connectivity index (χ3n) is 5.05. The fourth-order valence-electron chi connectivity index (χ4n) is 3.56. The number of hydrogen-bond donors (Lipinski definition) is 0. The molecule has 2 nitrogen and oxygen atoms in total. The SMILES string of the molecule is FC(F)(F)c1ccc(OC2CN(C(c3ccccc3)c3ccccc3)C2I)cc1. The van der Waals surface area contributed by atoms with Gasteiger partial charge in [0.15, 0.2) is 0 Å². The Morgan fingerprint density at radius 3 is 1.79 bits per heavy atom. The van der Waals surface area contributed by atoms with Crippen molar-refractivity contribution in [3.05, 3.63) is 102 Å². The van der Waals surface area contributed by atoms with E-state index in [-0.39, 0.29) is 16.2 Å². The van der Waals surface area contributed by atoms with Crippen LogP contribution in [0.25, 0.3) is 0 Å². The smallest absolute Gasteiger partial charge is 0.416 e. The molecule has 3 aromatic carbocycles. The molecule has 1 aliphatic rings. The average molecular weight is 509 g/mol. The standard InChI is InChI=1S/C23H19F3INO/c24-23(25,26)18-11-13-19(14-12-18)29-20-15-28(22(20)27)21(16-7-3-1-4-8-16)17-9-5-2-6-10-17/h1-14,20-22H,15H2. The van der Waals surface area contributed by atoms with Crippen molar-refractivity contribution >= 4 is 22.6 Å². The van der Waals surface area contributed by atoms with Gasteiger partial charge in [-0.25, -0.2) is 0 Å². The minimum atomic E-state index is -4.34. The normalized spacial score (nSPS) is 19.8. The van der Waals surface area contributed by atoms with Crippen molar-refractivity contribution in [3.63, 3.8) is 0 Å². The molecule has 2 atom stereocenters. The Bertz CT molecular complexity index is 892. The molecule has 29 heavy (non-hydrogen) atoms. The van der Waals surface area contributed by atoms with E-state index < -0.39 is 11.7 Å². The number of likely N-dealkylation sites (tertiary alicyclic amines) is 1. The van der Waals surface area contributed by atoms with Crippen LogP contribution in [0, 0.1) is 0 Å². The monoisotopic (exact) mass is 509 g/mol. The summed E-state index contributed by atoms with van der Waals surface area (Å²) >= 11 is 2.35. The molecule has 3 aromatic rings. The Morgan fingerprint density at radius 2 is 1.34 bits per heavy atom. The molecule has 0 aliphatic carbocycles. The Balaban J connectivity index is 1.49. The lowest BCUT2D eigenvalue weighted by Gasteiger charge is -2.49. The fourth-order valence-corrected chi connectivity index (χ4v) is 4.48. The summed E-state index contributed by atoms with van der Waals surface area (Å²) in [5, 5.41) is 0. The molecule has 1 heterocycles. The van der Waals surface area contributed by atoms with E-state index in [0.29, 0.717) is 12.3 Å². The lowest BCUT2D eigenvalue weighted by Crippen LogP contribution is -2.60. The summed E-state index contributed by atoms with van der Waals surface area (Å²) in [5.74, 6) is 0.459. The highest BCUT2D eigenvalue weighted by Crippen LogP contribution is 2.40. The van der Waals surface area contributed by atoms with E-state index in [9.17, 15) is 13.2 Å². The van der Waals surface area contributed by atoms with Gasteiger partial charge in [0.05, 0.1) is 11.6 Å². The lowest BCUT2D eigenvalue weighted by atomic mass is 9.94. The van der Waals surface area contributed by atoms with Crippen LogP contribution in [0.5, 0.6) is 5.75 Å². The van der Waals surface area contributed by atoms with Gasteiger partial charge in [-0.3, -0.25) is 4.90 Å². The molecular weight excluding hydrogens is 490 g/mol. The molecule has 0 spiro atoms. The summed E-state index contributed by atoms with van der Waals surface area (Å²) < 4.78 is 44.3. The molecule has 150 valence electrons. The van der Waals surface area contributed by atoms with Gasteiger partial charge in [-0.15, -0.1) is 0 Å². The first kappa shape index (κ1) is 20.2. The quantitative estimate of drug-likeness (QED) is 0.227. The Kier molecular flexibility index (Phi) is 5.83. The number of nitrogens with zero attached hydrogens (tertiary/aromatic N) is 1. The van der Waals surface area contributed by atoms with Gasteiger partial charge in [-0.1, -0.05) is 83.3 Å². The Hall–Kier alpha value is -2.06. The van der Waals surface area contributed by atoms with Crippen molar-refractivity contribution in [2.75, 3.05) is 6.54 Å². The van der Waals surface area contributed by atoms with Crippen LogP contribution in [0.15, 0.2) is 84.9 Å². The van der Waals surface area contributed by atoms with Crippen molar-refractivity contribution in [3.8, 4) is 5.75 Å². The molecule has 1 aliphatic heterocycles. The third-order valence-corrected chi connectivity index (χ3v) is 6.56. The van der Waals surface area contributed by atoms with Gasteiger partial charge in [-0.2, -0.15) is 13.2 Å². The van der Waals surface area contributed by atoms with E-state index in [1.807, 2.05) is 36.4 Å². The second-order valence-corrected chi connectivity index (χ2v) is 8.25. The van der Waals surface area contributed by atoms with Gasteiger partial charge in [0, 0.05) is 6.54 Å². The van der Waals surface area contributed by atoms with Crippen LogP contribution in [0.2, 0.25) is 0 Å². The summed E-state index contributed by atoms with van der Waals surface area (Å²) in [4.78, 5) is 2.35. The third kappa shape index (κ3) is 4.43. The minimum absolute atomic E-state index is 0.0812. The van der Waals surface area contributed by atoms with Gasteiger partial charge in [0.25, 0.3) is 0 Å². The number of halogens is 4. The predicted molar refractivity (Wildman–Crippen MR) is 115 cm³/mol. The minimum Gasteiger partial charge on any atom is -0.487 e. The van der Waals surface area contributed by atoms with E-state index >= 15 is 0 Å². The second kappa shape index (κ2) is 8.36. The summed E-state index contributed by atoms with van der Waals surface area (Å²) in [6.45, 7) is 0.698. The van der Waals surface area contributed by atoms with Crippen LogP contribution in [0.3, 0.4) is 0 Å². The Morgan fingerprint density at radius 1 is 0.828 bits per heavy atom. The van der Waals surface area contributed by atoms with Crippen molar-refractivity contribution < 1.29 is 17.9 Å². The maximum atomic E-state index is 12.7. The number of rotatable bonds is 5. The van der Waals surface area contributed by atoms with Crippen LogP contribution in [0.4, 0.5) is 13.2 Å². The zero-order valence-corrected chi connectivity index (χ0v) is 17.5. The number of benzene rings is 3. The van der Waals surface area contributed by atoms with Gasteiger partial charge in [0.1, 0.15) is 15.9 Å². The molecule has 1 fully saturated rings. The molecule has 0 N–H and O–H groups in total. The van der Waals surface area contributed by atoms with Gasteiger partial charge in [-0.05, 0) is 35.4 Å². The molecular formula is C23H19F3INO. The van der Waals surface area contributed by atoms with Crippen molar-refractivity contribution in [2.24, 2.45) is 0 Å². The number of ether oxygens (including phenoxy) is 1. The number of hydrogen-bond acceptors (Lipinski definition) is 2. The van der Waals surface area contributed by atoms with Crippen molar-refractivity contribution in [1.29, 1.82) is 0 Å². The molecule has 0 radical (unpaired) electrons. The van der Waals surface area contributed by atoms with E-state index in [4.69, 9.17) is 4.74 Å². The average Bonchev–Trinajstić information content (AvgIpc) is 2.74.